The zero-order chi connectivity index (χ0) is 19.2. The summed E-state index contributed by atoms with van der Waals surface area (Å²) in [6, 6.07) is 14.6. The average molecular weight is 369 g/mol. The van der Waals surface area contributed by atoms with E-state index in [9.17, 15) is 9.59 Å². The van der Waals surface area contributed by atoms with Gasteiger partial charge < -0.3 is 19.4 Å². The van der Waals surface area contributed by atoms with Crippen LogP contribution in [0.5, 0.6) is 5.75 Å². The molecule has 2 aromatic carbocycles. The van der Waals surface area contributed by atoms with Crippen molar-refractivity contribution in [2.24, 2.45) is 0 Å². The number of hydrogen-bond acceptors (Lipinski definition) is 5. The first-order valence-electron chi connectivity index (χ1n) is 8.74. The molecule has 7 nitrogen and oxygen atoms in total. The predicted octanol–water partition coefficient (Wildman–Crippen LogP) is 1.85. The zero-order valence-corrected chi connectivity index (χ0v) is 15.5. The molecule has 0 radical (unpaired) electrons. The fourth-order valence-electron chi connectivity index (χ4n) is 2.61. The molecule has 1 heterocycles. The van der Waals surface area contributed by atoms with E-state index in [1.165, 1.54) is 4.57 Å². The van der Waals surface area contributed by atoms with E-state index in [2.05, 4.69) is 10.2 Å². The second kappa shape index (κ2) is 8.55. The van der Waals surface area contributed by atoms with Crippen LogP contribution >= 0.6 is 0 Å². The summed E-state index contributed by atoms with van der Waals surface area (Å²) >= 11 is 0. The minimum atomic E-state index is -0.537. The second-order valence-corrected chi connectivity index (χ2v) is 6.49. The number of benzene rings is 2. The molecule has 0 spiro atoms. The van der Waals surface area contributed by atoms with Crippen molar-refractivity contribution in [3.05, 3.63) is 64.6 Å². The van der Waals surface area contributed by atoms with E-state index in [1.807, 2.05) is 38.4 Å². The lowest BCUT2D eigenvalue weighted by molar-refractivity contribution is -0.121. The second-order valence-electron chi connectivity index (χ2n) is 6.49. The summed E-state index contributed by atoms with van der Waals surface area (Å²) in [4.78, 5) is 26.2. The Hall–Kier alpha value is -3.06. The molecule has 0 atom stereocenters. The highest BCUT2D eigenvalue weighted by Crippen LogP contribution is 2.13. The number of amides is 1. The number of fused-ring (bicyclic) bond motifs is 1. The van der Waals surface area contributed by atoms with Crippen LogP contribution in [0.3, 0.4) is 0 Å². The molecule has 142 valence electrons. The minimum absolute atomic E-state index is 0.0818. The van der Waals surface area contributed by atoms with Crippen molar-refractivity contribution in [2.75, 3.05) is 27.2 Å². The van der Waals surface area contributed by atoms with Gasteiger partial charge in [-0.3, -0.25) is 9.36 Å². The zero-order valence-electron chi connectivity index (χ0n) is 15.5. The molecular formula is C20H23N3O4. The van der Waals surface area contributed by atoms with Gasteiger partial charge in [0.15, 0.2) is 5.58 Å². The van der Waals surface area contributed by atoms with Gasteiger partial charge in [-0.2, -0.15) is 0 Å². The van der Waals surface area contributed by atoms with E-state index < -0.39 is 5.76 Å². The molecule has 3 rings (SSSR count). The van der Waals surface area contributed by atoms with Crippen LogP contribution < -0.4 is 15.8 Å². The third-order valence-corrected chi connectivity index (χ3v) is 4.10. The van der Waals surface area contributed by atoms with Gasteiger partial charge in [-0.1, -0.05) is 24.3 Å². The molecule has 0 saturated heterocycles. The van der Waals surface area contributed by atoms with E-state index >= 15 is 0 Å². The van der Waals surface area contributed by atoms with Gasteiger partial charge in [-0.15, -0.1) is 0 Å². The first-order chi connectivity index (χ1) is 13.0. The van der Waals surface area contributed by atoms with E-state index in [-0.39, 0.29) is 12.5 Å². The summed E-state index contributed by atoms with van der Waals surface area (Å²) in [6.45, 7) is 1.76. The maximum Gasteiger partial charge on any atom is 0.420 e. The molecule has 0 fully saturated rings. The van der Waals surface area contributed by atoms with Crippen LogP contribution in [0.15, 0.2) is 57.7 Å². The SMILES string of the molecule is CN(C)CCOc1ccc(CNC(=O)Cn2c(=O)oc3ccccc32)cc1. The van der Waals surface area contributed by atoms with Crippen LogP contribution in [-0.2, 0) is 17.9 Å². The van der Waals surface area contributed by atoms with Crippen molar-refractivity contribution in [3.8, 4) is 5.75 Å². The standard InChI is InChI=1S/C20H23N3O4/c1-22(2)11-12-26-16-9-7-15(8-10-16)13-21-19(24)14-23-17-5-3-4-6-18(17)27-20(23)25/h3-10H,11-14H2,1-2H3,(H,21,24). The van der Waals surface area contributed by atoms with E-state index in [0.29, 0.717) is 24.3 Å². The van der Waals surface area contributed by atoms with Crippen molar-refractivity contribution < 1.29 is 13.9 Å². The molecule has 7 heteroatoms. The highest BCUT2D eigenvalue weighted by molar-refractivity contribution is 5.79. The molecule has 1 amide bonds. The fourth-order valence-corrected chi connectivity index (χ4v) is 2.61. The van der Waals surface area contributed by atoms with E-state index in [1.54, 1.807) is 24.3 Å². The number of nitrogens with one attached hydrogen (secondary N) is 1. The molecular weight excluding hydrogens is 346 g/mol. The van der Waals surface area contributed by atoms with Gasteiger partial charge in [0, 0.05) is 13.1 Å². The van der Waals surface area contributed by atoms with E-state index in [4.69, 9.17) is 9.15 Å². The third kappa shape index (κ3) is 4.98. The molecule has 0 aliphatic carbocycles. The maximum absolute atomic E-state index is 12.2. The number of ether oxygens (including phenoxy) is 1. The minimum Gasteiger partial charge on any atom is -0.492 e. The van der Waals surface area contributed by atoms with Crippen LogP contribution in [0.1, 0.15) is 5.56 Å². The largest absolute Gasteiger partial charge is 0.492 e. The summed E-state index contributed by atoms with van der Waals surface area (Å²) in [7, 11) is 3.99. The number of nitrogens with zero attached hydrogens (tertiary/aromatic N) is 2. The topological polar surface area (TPSA) is 76.7 Å². The third-order valence-electron chi connectivity index (χ3n) is 4.10. The number of likely N-dealkylation sites (N-methyl/N-ethyl adjacent to an activating group) is 1. The summed E-state index contributed by atoms with van der Waals surface area (Å²) in [5.74, 6) is 0.00360. The Balaban J connectivity index is 1.53. The summed E-state index contributed by atoms with van der Waals surface area (Å²) in [5, 5.41) is 2.82. The molecule has 1 N–H and O–H groups in total. The lowest BCUT2D eigenvalue weighted by atomic mass is 10.2. The Labute approximate surface area is 157 Å². The van der Waals surface area contributed by atoms with Gasteiger partial charge in [0.05, 0.1) is 5.52 Å². The summed E-state index contributed by atoms with van der Waals surface area (Å²) < 4.78 is 12.1. The summed E-state index contributed by atoms with van der Waals surface area (Å²) in [6.07, 6.45) is 0. The molecule has 3 aromatic rings. The van der Waals surface area contributed by atoms with Gasteiger partial charge in [-0.25, -0.2) is 4.79 Å². The maximum atomic E-state index is 12.2. The van der Waals surface area contributed by atoms with Crippen molar-refractivity contribution in [1.82, 2.24) is 14.8 Å². The van der Waals surface area contributed by atoms with Crippen molar-refractivity contribution in [3.63, 3.8) is 0 Å². The van der Waals surface area contributed by atoms with Gasteiger partial charge >= 0.3 is 5.76 Å². The van der Waals surface area contributed by atoms with Crippen LogP contribution in [0.2, 0.25) is 0 Å². The highest BCUT2D eigenvalue weighted by atomic mass is 16.5. The Morgan fingerprint density at radius 3 is 2.63 bits per heavy atom. The number of oxazole rings is 1. The summed E-state index contributed by atoms with van der Waals surface area (Å²) in [5.41, 5.74) is 2.03. The van der Waals surface area contributed by atoms with Crippen LogP contribution in [0, 0.1) is 0 Å². The monoisotopic (exact) mass is 369 g/mol. The molecule has 1 aromatic heterocycles. The number of para-hydroxylation sites is 2. The lowest BCUT2D eigenvalue weighted by Crippen LogP contribution is -2.30. The van der Waals surface area contributed by atoms with Crippen LogP contribution in [0.25, 0.3) is 11.1 Å². The van der Waals surface area contributed by atoms with Gasteiger partial charge in [0.1, 0.15) is 18.9 Å². The Bertz CT molecular complexity index is 957. The number of hydrogen-bond donors (Lipinski definition) is 1. The predicted molar refractivity (Wildman–Crippen MR) is 103 cm³/mol. The van der Waals surface area contributed by atoms with Crippen molar-refractivity contribution in [2.45, 2.75) is 13.1 Å². The smallest absolute Gasteiger partial charge is 0.420 e. The Kier molecular flexibility index (Phi) is 5.93. The van der Waals surface area contributed by atoms with Crippen LogP contribution in [0.4, 0.5) is 0 Å². The molecule has 0 bridgehead atoms. The Morgan fingerprint density at radius 1 is 1.15 bits per heavy atom. The molecule has 0 aliphatic heterocycles. The average Bonchev–Trinajstić information content (AvgIpc) is 2.96. The van der Waals surface area contributed by atoms with Gasteiger partial charge in [0.25, 0.3) is 0 Å². The quantitative estimate of drug-likeness (QED) is 0.656. The van der Waals surface area contributed by atoms with Crippen molar-refractivity contribution >= 4 is 17.0 Å². The number of aromatic nitrogens is 1. The first-order valence-corrected chi connectivity index (χ1v) is 8.74. The molecule has 0 unspecified atom stereocenters. The van der Waals surface area contributed by atoms with Gasteiger partial charge in [-0.05, 0) is 43.9 Å². The molecule has 0 aliphatic rings. The first kappa shape index (κ1) is 18.7. The van der Waals surface area contributed by atoms with Crippen molar-refractivity contribution in [1.29, 1.82) is 0 Å². The van der Waals surface area contributed by atoms with E-state index in [0.717, 1.165) is 17.9 Å². The highest BCUT2D eigenvalue weighted by Gasteiger charge is 2.12. The molecule has 27 heavy (non-hydrogen) atoms. The van der Waals surface area contributed by atoms with Gasteiger partial charge in [0.2, 0.25) is 5.91 Å². The number of rotatable bonds is 8. The fraction of sp³-hybridized carbons (Fsp3) is 0.300. The number of carbonyl (C=O) groups is 1. The lowest BCUT2D eigenvalue weighted by Gasteiger charge is -2.11. The number of carbonyl (C=O) groups excluding carboxylic acids is 1. The molecule has 0 saturated carbocycles. The van der Waals surface area contributed by atoms with Crippen LogP contribution in [-0.4, -0.2) is 42.6 Å². The normalized spacial score (nSPS) is 11.1. The Morgan fingerprint density at radius 2 is 1.89 bits per heavy atom.